The first kappa shape index (κ1) is 15.8. The Labute approximate surface area is 145 Å². The molecule has 2 aromatic carbocycles. The van der Waals surface area contributed by atoms with Gasteiger partial charge in [-0.25, -0.2) is 0 Å². The van der Waals surface area contributed by atoms with Crippen LogP contribution in [0, 0.1) is 0 Å². The number of hydrogen-bond acceptors (Lipinski definition) is 5. The van der Waals surface area contributed by atoms with Crippen LogP contribution in [0.25, 0.3) is 0 Å². The van der Waals surface area contributed by atoms with Crippen molar-refractivity contribution in [1.29, 1.82) is 0 Å². The summed E-state index contributed by atoms with van der Waals surface area (Å²) in [6.07, 6.45) is 0.593. The van der Waals surface area contributed by atoms with Crippen LogP contribution in [0.4, 0.5) is 0 Å². The minimum Gasteiger partial charge on any atom is -0.488 e. The zero-order valence-corrected chi connectivity index (χ0v) is 13.6. The molecule has 4 rings (SSSR count). The molecule has 1 N–H and O–H groups in total. The van der Waals surface area contributed by atoms with Gasteiger partial charge in [-0.15, -0.1) is 0 Å². The van der Waals surface area contributed by atoms with E-state index in [-0.39, 0.29) is 24.8 Å². The minimum absolute atomic E-state index is 0.130. The van der Waals surface area contributed by atoms with Crippen molar-refractivity contribution in [3.05, 3.63) is 54.1 Å². The topological polar surface area (TPSA) is 66.0 Å². The zero-order chi connectivity index (χ0) is 17.1. The highest BCUT2D eigenvalue weighted by atomic mass is 16.7. The molecule has 25 heavy (non-hydrogen) atoms. The number of hydrogen-bond donors (Lipinski definition) is 1. The Bertz CT molecular complexity index is 749. The number of ether oxygens (including phenoxy) is 4. The largest absolute Gasteiger partial charge is 0.488 e. The van der Waals surface area contributed by atoms with Crippen LogP contribution in [0.3, 0.4) is 0 Å². The Kier molecular flexibility index (Phi) is 4.43. The first-order valence-corrected chi connectivity index (χ1v) is 8.29. The number of rotatable bonds is 4. The number of para-hydroxylation sites is 1. The Morgan fingerprint density at radius 3 is 2.80 bits per heavy atom. The van der Waals surface area contributed by atoms with Gasteiger partial charge >= 0.3 is 0 Å². The summed E-state index contributed by atoms with van der Waals surface area (Å²) >= 11 is 0. The van der Waals surface area contributed by atoms with Gasteiger partial charge in [0.1, 0.15) is 11.9 Å². The van der Waals surface area contributed by atoms with E-state index < -0.39 is 0 Å². The lowest BCUT2D eigenvalue weighted by molar-refractivity contribution is -0.00288. The summed E-state index contributed by atoms with van der Waals surface area (Å²) in [7, 11) is 0. The molecule has 2 aliphatic heterocycles. The summed E-state index contributed by atoms with van der Waals surface area (Å²) in [6.45, 7) is 1.23. The number of fused-ring (bicyclic) bond motifs is 1. The molecule has 0 aliphatic carbocycles. The van der Waals surface area contributed by atoms with Gasteiger partial charge in [0.15, 0.2) is 11.5 Å². The first-order valence-electron chi connectivity index (χ1n) is 8.29. The van der Waals surface area contributed by atoms with Crippen molar-refractivity contribution in [3.8, 4) is 17.2 Å². The van der Waals surface area contributed by atoms with Crippen molar-refractivity contribution >= 4 is 5.91 Å². The molecular formula is C19H19NO5. The van der Waals surface area contributed by atoms with E-state index in [0.717, 1.165) is 12.2 Å². The van der Waals surface area contributed by atoms with E-state index in [1.165, 1.54) is 0 Å². The van der Waals surface area contributed by atoms with E-state index in [2.05, 4.69) is 5.32 Å². The lowest BCUT2D eigenvalue weighted by Crippen LogP contribution is -2.51. The lowest BCUT2D eigenvalue weighted by Gasteiger charge is -2.32. The summed E-state index contributed by atoms with van der Waals surface area (Å²) in [4.78, 5) is 12.6. The third-order valence-electron chi connectivity index (χ3n) is 4.27. The second kappa shape index (κ2) is 7.03. The highest BCUT2D eigenvalue weighted by molar-refractivity contribution is 5.95. The van der Waals surface area contributed by atoms with Crippen LogP contribution in [-0.2, 0) is 4.74 Å². The molecule has 2 aliphatic rings. The maximum absolute atomic E-state index is 12.6. The number of carbonyl (C=O) groups excluding carboxylic acids is 1. The van der Waals surface area contributed by atoms with Gasteiger partial charge in [-0.05, 0) is 30.3 Å². The summed E-state index contributed by atoms with van der Waals surface area (Å²) in [5, 5.41) is 3.01. The molecular weight excluding hydrogens is 322 g/mol. The average Bonchev–Trinajstić information content (AvgIpc) is 3.12. The van der Waals surface area contributed by atoms with Crippen molar-refractivity contribution in [2.24, 2.45) is 0 Å². The van der Waals surface area contributed by atoms with Gasteiger partial charge in [0, 0.05) is 12.0 Å². The molecule has 2 heterocycles. The maximum atomic E-state index is 12.6. The quantitative estimate of drug-likeness (QED) is 0.925. The first-order chi connectivity index (χ1) is 12.3. The third-order valence-corrected chi connectivity index (χ3v) is 4.27. The Morgan fingerprint density at radius 1 is 1.08 bits per heavy atom. The van der Waals surface area contributed by atoms with E-state index in [1.54, 1.807) is 18.2 Å². The average molecular weight is 341 g/mol. The molecule has 130 valence electrons. The molecule has 0 radical (unpaired) electrons. The fourth-order valence-corrected chi connectivity index (χ4v) is 2.96. The molecule has 0 unspecified atom stereocenters. The molecule has 0 saturated carbocycles. The van der Waals surface area contributed by atoms with Crippen molar-refractivity contribution < 1.29 is 23.7 Å². The number of benzene rings is 2. The predicted octanol–water partition coefficient (Wildman–Crippen LogP) is 2.38. The molecule has 0 aromatic heterocycles. The molecule has 1 amide bonds. The van der Waals surface area contributed by atoms with E-state index >= 15 is 0 Å². The van der Waals surface area contributed by atoms with Crippen LogP contribution >= 0.6 is 0 Å². The highest BCUT2D eigenvalue weighted by Crippen LogP contribution is 2.32. The van der Waals surface area contributed by atoms with Gasteiger partial charge in [0.25, 0.3) is 5.91 Å². The van der Waals surface area contributed by atoms with Crippen LogP contribution in [-0.4, -0.2) is 38.1 Å². The van der Waals surface area contributed by atoms with Gasteiger partial charge in [-0.3, -0.25) is 4.79 Å². The Hall–Kier alpha value is -2.73. The SMILES string of the molecule is O=C(N[C@@H]1COCC[C@@H]1Oc1ccccc1)c1ccc2c(c1)OCO2. The molecule has 2 atom stereocenters. The van der Waals surface area contributed by atoms with Crippen LogP contribution < -0.4 is 19.5 Å². The van der Waals surface area contributed by atoms with Crippen LogP contribution in [0.2, 0.25) is 0 Å². The van der Waals surface area contributed by atoms with Crippen molar-refractivity contribution in [2.75, 3.05) is 20.0 Å². The number of amides is 1. The zero-order valence-electron chi connectivity index (χ0n) is 13.6. The molecule has 6 heteroatoms. The highest BCUT2D eigenvalue weighted by Gasteiger charge is 2.29. The molecule has 1 fully saturated rings. The lowest BCUT2D eigenvalue weighted by atomic mass is 10.1. The predicted molar refractivity (Wildman–Crippen MR) is 90.1 cm³/mol. The Balaban J connectivity index is 1.45. The van der Waals surface area contributed by atoms with E-state index in [0.29, 0.717) is 30.3 Å². The van der Waals surface area contributed by atoms with Gasteiger partial charge in [-0.1, -0.05) is 18.2 Å². The van der Waals surface area contributed by atoms with E-state index in [9.17, 15) is 4.79 Å². The molecule has 0 bridgehead atoms. The minimum atomic E-state index is -0.216. The van der Waals surface area contributed by atoms with Gasteiger partial charge in [-0.2, -0.15) is 0 Å². The van der Waals surface area contributed by atoms with Crippen LogP contribution in [0.15, 0.2) is 48.5 Å². The monoisotopic (exact) mass is 341 g/mol. The second-order valence-corrected chi connectivity index (χ2v) is 5.98. The third kappa shape index (κ3) is 3.53. The molecule has 0 spiro atoms. The van der Waals surface area contributed by atoms with Crippen LogP contribution in [0.5, 0.6) is 17.2 Å². The number of carbonyl (C=O) groups is 1. The second-order valence-electron chi connectivity index (χ2n) is 5.98. The van der Waals surface area contributed by atoms with Gasteiger partial charge in [0.05, 0.1) is 19.3 Å². The summed E-state index contributed by atoms with van der Waals surface area (Å²) in [5.41, 5.74) is 0.522. The van der Waals surface area contributed by atoms with Crippen LogP contribution in [0.1, 0.15) is 16.8 Å². The van der Waals surface area contributed by atoms with Gasteiger partial charge in [0.2, 0.25) is 6.79 Å². The summed E-state index contributed by atoms with van der Waals surface area (Å²) in [6, 6.07) is 14.5. The molecule has 2 aromatic rings. The molecule has 6 nitrogen and oxygen atoms in total. The maximum Gasteiger partial charge on any atom is 0.251 e. The van der Waals surface area contributed by atoms with E-state index in [4.69, 9.17) is 18.9 Å². The molecule has 1 saturated heterocycles. The van der Waals surface area contributed by atoms with E-state index in [1.807, 2.05) is 30.3 Å². The summed E-state index contributed by atoms with van der Waals surface area (Å²) in [5.74, 6) is 1.85. The van der Waals surface area contributed by atoms with Crippen molar-refractivity contribution in [3.63, 3.8) is 0 Å². The van der Waals surface area contributed by atoms with Crippen molar-refractivity contribution in [1.82, 2.24) is 5.32 Å². The fraction of sp³-hybridized carbons (Fsp3) is 0.316. The fourth-order valence-electron chi connectivity index (χ4n) is 2.96. The summed E-state index contributed by atoms with van der Waals surface area (Å²) < 4.78 is 22.2. The standard InChI is InChI=1S/C19H19NO5/c21-19(13-6-7-17-18(10-13)24-12-23-17)20-15-11-22-9-8-16(15)25-14-4-2-1-3-5-14/h1-7,10,15-16H,8-9,11-12H2,(H,20,21)/t15-,16+/m1/s1. The van der Waals surface area contributed by atoms with Crippen molar-refractivity contribution in [2.45, 2.75) is 18.6 Å². The number of nitrogens with one attached hydrogen (secondary N) is 1. The van der Waals surface area contributed by atoms with Gasteiger partial charge < -0.3 is 24.3 Å². The Morgan fingerprint density at radius 2 is 1.92 bits per heavy atom. The normalized spacial score (nSPS) is 21.6. The smallest absolute Gasteiger partial charge is 0.251 e.